The van der Waals surface area contributed by atoms with Crippen LogP contribution in [0.1, 0.15) is 33.9 Å². The van der Waals surface area contributed by atoms with Crippen LogP contribution in [0.2, 0.25) is 0 Å². The molecule has 0 saturated heterocycles. The minimum Gasteiger partial charge on any atom is -0.380 e. The lowest BCUT2D eigenvalue weighted by Crippen LogP contribution is -2.30. The van der Waals surface area contributed by atoms with Gasteiger partial charge in [0.2, 0.25) is 5.78 Å². The van der Waals surface area contributed by atoms with E-state index in [2.05, 4.69) is 5.32 Å². The van der Waals surface area contributed by atoms with Crippen LogP contribution in [0.25, 0.3) is 0 Å². The first-order chi connectivity index (χ1) is 8.40. The third kappa shape index (κ3) is 2.04. The molecule has 0 aliphatic heterocycles. The van der Waals surface area contributed by atoms with Gasteiger partial charge >= 0.3 is 5.00 Å². The topological polar surface area (TPSA) is 89.3 Å². The third-order valence-electron chi connectivity index (χ3n) is 2.33. The van der Waals surface area contributed by atoms with E-state index in [0.717, 1.165) is 17.4 Å². The molecule has 1 aliphatic carbocycles. The van der Waals surface area contributed by atoms with Gasteiger partial charge in [-0.1, -0.05) is 11.3 Å². The first-order valence-corrected chi connectivity index (χ1v) is 6.07. The van der Waals surface area contributed by atoms with Crippen LogP contribution in [0.4, 0.5) is 5.00 Å². The molecule has 0 amide bonds. The van der Waals surface area contributed by atoms with Crippen molar-refractivity contribution in [2.75, 3.05) is 0 Å². The molecule has 1 aliphatic rings. The van der Waals surface area contributed by atoms with E-state index in [-0.39, 0.29) is 38.7 Å². The molecule has 0 bridgehead atoms. The fraction of sp³-hybridized carbons (Fsp3) is 0.273. The Balaban J connectivity index is 2.44. The van der Waals surface area contributed by atoms with Gasteiger partial charge in [-0.2, -0.15) is 0 Å². The highest BCUT2D eigenvalue weighted by Gasteiger charge is 2.31. The number of rotatable bonds is 3. The molecule has 6 nitrogen and oxygen atoms in total. The molecule has 1 N–H and O–H groups in total. The first kappa shape index (κ1) is 12.4. The summed E-state index contributed by atoms with van der Waals surface area (Å²) >= 11 is 0.734. The number of ketones is 2. The van der Waals surface area contributed by atoms with E-state index < -0.39 is 4.92 Å². The summed E-state index contributed by atoms with van der Waals surface area (Å²) < 4.78 is 0. The van der Waals surface area contributed by atoms with E-state index >= 15 is 0 Å². The summed E-state index contributed by atoms with van der Waals surface area (Å²) in [6, 6.07) is 1.16. The average molecular weight is 266 g/mol. The van der Waals surface area contributed by atoms with Gasteiger partial charge in [-0.3, -0.25) is 19.7 Å². The van der Waals surface area contributed by atoms with Crippen molar-refractivity contribution in [2.45, 2.75) is 19.9 Å². The summed E-state index contributed by atoms with van der Waals surface area (Å²) in [7, 11) is 0. The molecule has 18 heavy (non-hydrogen) atoms. The second-order valence-electron chi connectivity index (χ2n) is 4.13. The molecule has 0 unspecified atom stereocenters. The maximum Gasteiger partial charge on any atom is 0.325 e. The Kier molecular flexibility index (Phi) is 3.00. The van der Waals surface area contributed by atoms with Gasteiger partial charge in [0.05, 0.1) is 21.1 Å². The number of allylic oxidation sites excluding steroid dienone is 2. The Labute approximate surface area is 106 Å². The molecular formula is C11H10N2O4S. The van der Waals surface area contributed by atoms with E-state index in [1.807, 2.05) is 13.8 Å². The van der Waals surface area contributed by atoms with E-state index in [4.69, 9.17) is 0 Å². The van der Waals surface area contributed by atoms with Crippen LogP contribution < -0.4 is 5.32 Å². The second-order valence-corrected chi connectivity index (χ2v) is 5.17. The summed E-state index contributed by atoms with van der Waals surface area (Å²) in [6.07, 6.45) is 1.20. The Morgan fingerprint density at radius 3 is 2.61 bits per heavy atom. The molecule has 0 atom stereocenters. The minimum absolute atomic E-state index is 0.00294. The Hall–Kier alpha value is -2.02. The van der Waals surface area contributed by atoms with Gasteiger partial charge in [-0.05, 0) is 13.8 Å². The van der Waals surface area contributed by atoms with Crippen LogP contribution in [-0.4, -0.2) is 22.5 Å². The predicted molar refractivity (Wildman–Crippen MR) is 66.0 cm³/mol. The van der Waals surface area contributed by atoms with Gasteiger partial charge in [0, 0.05) is 18.2 Å². The summed E-state index contributed by atoms with van der Waals surface area (Å²) in [4.78, 5) is 34.0. The maximum absolute atomic E-state index is 12.0. The smallest absolute Gasteiger partial charge is 0.325 e. The van der Waals surface area contributed by atoms with Gasteiger partial charge in [-0.25, -0.2) is 0 Å². The van der Waals surface area contributed by atoms with E-state index in [9.17, 15) is 19.7 Å². The number of carbonyl (C=O) groups is 2. The maximum atomic E-state index is 12.0. The molecular weight excluding hydrogens is 256 g/mol. The molecule has 2 rings (SSSR count). The van der Waals surface area contributed by atoms with Gasteiger partial charge in [0.15, 0.2) is 5.78 Å². The molecule has 1 heterocycles. The second kappa shape index (κ2) is 4.34. The van der Waals surface area contributed by atoms with Crippen molar-refractivity contribution in [2.24, 2.45) is 0 Å². The van der Waals surface area contributed by atoms with Gasteiger partial charge < -0.3 is 5.32 Å². The molecule has 7 heteroatoms. The van der Waals surface area contributed by atoms with Crippen molar-refractivity contribution in [3.05, 3.63) is 38.4 Å². The van der Waals surface area contributed by atoms with Crippen LogP contribution in [0.3, 0.4) is 0 Å². The number of carbonyl (C=O) groups excluding carboxylic acids is 2. The zero-order valence-electron chi connectivity index (χ0n) is 9.72. The average Bonchev–Trinajstić information content (AvgIpc) is 2.70. The minimum atomic E-state index is -0.598. The van der Waals surface area contributed by atoms with Crippen LogP contribution in [0.5, 0.6) is 0 Å². The lowest BCUT2D eigenvalue weighted by molar-refractivity contribution is -0.380. The van der Waals surface area contributed by atoms with Crippen LogP contribution >= 0.6 is 11.3 Å². The number of fused-ring (bicyclic) bond motifs is 1. The molecule has 0 spiro atoms. The van der Waals surface area contributed by atoms with Gasteiger partial charge in [0.1, 0.15) is 0 Å². The fourth-order valence-corrected chi connectivity index (χ4v) is 2.53. The molecule has 1 aromatic heterocycles. The van der Waals surface area contributed by atoms with E-state index in [1.165, 1.54) is 6.08 Å². The molecule has 0 radical (unpaired) electrons. The van der Waals surface area contributed by atoms with Crippen LogP contribution in [-0.2, 0) is 0 Å². The molecule has 0 aromatic carbocycles. The number of hydrogen-bond donors (Lipinski definition) is 1. The number of nitrogens with one attached hydrogen (secondary N) is 1. The van der Waals surface area contributed by atoms with Crippen molar-refractivity contribution < 1.29 is 14.5 Å². The number of thiophene rings is 1. The van der Waals surface area contributed by atoms with Crippen molar-refractivity contribution in [1.82, 2.24) is 5.32 Å². The summed E-state index contributed by atoms with van der Waals surface area (Å²) in [6.45, 7) is 3.67. The molecule has 1 aromatic rings. The van der Waals surface area contributed by atoms with Gasteiger partial charge in [-0.15, -0.1) is 0 Å². The standard InChI is InChI=1S/C11H10N2O4S/c1-5(2)12-7-4-8(14)11-6(10(7)15)3-9(18-11)13(16)17/h3-5,12H,1-2H3. The highest BCUT2D eigenvalue weighted by atomic mass is 32.1. The van der Waals surface area contributed by atoms with Crippen LogP contribution in [0, 0.1) is 10.1 Å². The summed E-state index contributed by atoms with van der Waals surface area (Å²) in [5.41, 5.74) is 0.303. The fourth-order valence-electron chi connectivity index (χ4n) is 1.65. The SMILES string of the molecule is CC(C)NC1=CC(=O)c2sc([N+](=O)[O-])cc2C1=O. The highest BCUT2D eigenvalue weighted by Crippen LogP contribution is 2.33. The third-order valence-corrected chi connectivity index (χ3v) is 3.43. The first-order valence-electron chi connectivity index (χ1n) is 5.25. The Morgan fingerprint density at radius 2 is 2.06 bits per heavy atom. The number of hydrogen-bond acceptors (Lipinski definition) is 6. The van der Waals surface area contributed by atoms with Gasteiger partial charge in [0.25, 0.3) is 0 Å². The Morgan fingerprint density at radius 1 is 1.39 bits per heavy atom. The number of Topliss-reactive ketones (excluding diaryl/α,β-unsaturated/α-hetero) is 1. The lowest BCUT2D eigenvalue weighted by atomic mass is 10.00. The largest absolute Gasteiger partial charge is 0.380 e. The molecule has 94 valence electrons. The van der Waals surface area contributed by atoms with Crippen molar-refractivity contribution >= 4 is 27.9 Å². The zero-order valence-corrected chi connectivity index (χ0v) is 10.5. The molecule has 0 fully saturated rings. The van der Waals surface area contributed by atoms with Crippen LogP contribution in [0.15, 0.2) is 17.8 Å². The lowest BCUT2D eigenvalue weighted by Gasteiger charge is -2.15. The monoisotopic (exact) mass is 266 g/mol. The number of nitrogens with zero attached hydrogens (tertiary/aromatic N) is 1. The van der Waals surface area contributed by atoms with Crippen molar-refractivity contribution in [3.8, 4) is 0 Å². The Bertz CT molecular complexity index is 586. The quantitative estimate of drug-likeness (QED) is 0.666. The van der Waals surface area contributed by atoms with E-state index in [0.29, 0.717) is 0 Å². The molecule has 0 saturated carbocycles. The van der Waals surface area contributed by atoms with Crippen molar-refractivity contribution in [3.63, 3.8) is 0 Å². The van der Waals surface area contributed by atoms with E-state index in [1.54, 1.807) is 0 Å². The summed E-state index contributed by atoms with van der Waals surface area (Å²) in [5.74, 6) is -0.742. The summed E-state index contributed by atoms with van der Waals surface area (Å²) in [5, 5.41) is 13.3. The number of nitro groups is 1. The highest BCUT2D eigenvalue weighted by molar-refractivity contribution is 7.17. The normalized spacial score (nSPS) is 14.5. The zero-order chi connectivity index (χ0) is 13.4. The predicted octanol–water partition coefficient (Wildman–Crippen LogP) is 1.92. The van der Waals surface area contributed by atoms with Crippen molar-refractivity contribution in [1.29, 1.82) is 0 Å².